The first kappa shape index (κ1) is 17.7. The Morgan fingerprint density at radius 3 is 2.57 bits per heavy atom. The highest BCUT2D eigenvalue weighted by Crippen LogP contribution is 2.31. The number of aryl methyl sites for hydroxylation is 1. The van der Waals surface area contributed by atoms with Crippen LogP contribution < -0.4 is 15.0 Å². The largest absolute Gasteiger partial charge is 0.497 e. The molecule has 10 nitrogen and oxygen atoms in total. The Balaban J connectivity index is 1.81. The van der Waals surface area contributed by atoms with Gasteiger partial charge in [0.25, 0.3) is 5.91 Å². The van der Waals surface area contributed by atoms with Crippen LogP contribution in [0.25, 0.3) is 5.69 Å². The van der Waals surface area contributed by atoms with Crippen LogP contribution in [0.1, 0.15) is 11.7 Å². The highest BCUT2D eigenvalue weighted by molar-refractivity contribution is 6.19. The van der Waals surface area contributed by atoms with Crippen molar-refractivity contribution in [1.29, 1.82) is 0 Å². The van der Waals surface area contributed by atoms with E-state index in [0.29, 0.717) is 11.8 Å². The lowest BCUT2D eigenvalue weighted by atomic mass is 10.1. The number of likely N-dealkylation sites (N-methyl/N-ethyl adjacent to an activating group) is 1. The Hall–Kier alpha value is -3.69. The second kappa shape index (κ2) is 6.19. The van der Waals surface area contributed by atoms with Crippen molar-refractivity contribution in [2.24, 2.45) is 10.7 Å². The van der Waals surface area contributed by atoms with Crippen LogP contribution in [0.4, 0.5) is 10.7 Å². The summed E-state index contributed by atoms with van der Waals surface area (Å²) >= 11 is 0. The quantitative estimate of drug-likeness (QED) is 0.751. The summed E-state index contributed by atoms with van der Waals surface area (Å²) in [5.41, 5.74) is 6.89. The van der Waals surface area contributed by atoms with Gasteiger partial charge in [0.15, 0.2) is 0 Å². The van der Waals surface area contributed by atoms with Crippen molar-refractivity contribution in [2.45, 2.75) is 13.0 Å². The van der Waals surface area contributed by atoms with Crippen molar-refractivity contribution in [3.8, 4) is 11.4 Å². The predicted molar refractivity (Wildman–Crippen MR) is 97.5 cm³/mol. The van der Waals surface area contributed by atoms with E-state index in [2.05, 4.69) is 4.99 Å². The number of carbonyl (C=O) groups is 3. The van der Waals surface area contributed by atoms with E-state index < -0.39 is 30.4 Å². The number of nitrogens with two attached hydrogens (primary N) is 1. The Kier molecular flexibility index (Phi) is 3.91. The van der Waals surface area contributed by atoms with Crippen LogP contribution >= 0.6 is 0 Å². The van der Waals surface area contributed by atoms with E-state index >= 15 is 0 Å². The van der Waals surface area contributed by atoms with E-state index in [1.807, 2.05) is 35.8 Å². The first-order valence-electron chi connectivity index (χ1n) is 8.57. The van der Waals surface area contributed by atoms with E-state index in [4.69, 9.17) is 10.5 Å². The highest BCUT2D eigenvalue weighted by atomic mass is 16.5. The fourth-order valence-corrected chi connectivity index (χ4v) is 3.54. The van der Waals surface area contributed by atoms with Gasteiger partial charge in [0.2, 0.25) is 17.8 Å². The Bertz CT molecular complexity index is 1040. The molecule has 3 heterocycles. The second-order valence-electron chi connectivity index (χ2n) is 6.62. The number of fused-ring (bicyclic) bond motifs is 3. The number of benzene rings is 1. The number of carbonyl (C=O) groups excluding carboxylic acids is 3. The first-order valence-corrected chi connectivity index (χ1v) is 8.57. The smallest absolute Gasteiger partial charge is 0.406 e. The van der Waals surface area contributed by atoms with E-state index in [9.17, 15) is 14.4 Å². The highest BCUT2D eigenvalue weighted by Gasteiger charge is 2.53. The summed E-state index contributed by atoms with van der Waals surface area (Å²) < 4.78 is 8.78. The molecule has 1 atom stereocenters. The molecule has 28 heavy (non-hydrogen) atoms. The van der Waals surface area contributed by atoms with Crippen LogP contribution in [0, 0.1) is 6.92 Å². The molecule has 1 aromatic heterocycles. The third-order valence-electron chi connectivity index (χ3n) is 4.85. The molecule has 1 fully saturated rings. The summed E-state index contributed by atoms with van der Waals surface area (Å²) in [6.07, 6.45) is 1.80. The zero-order valence-electron chi connectivity index (χ0n) is 15.6. The average molecular weight is 383 g/mol. The normalized spacial score (nSPS) is 18.1. The summed E-state index contributed by atoms with van der Waals surface area (Å²) in [5.74, 6) is 0.256. The number of amides is 4. The average Bonchev–Trinajstić information content (AvgIpc) is 3.18. The topological polar surface area (TPSA) is 114 Å². The molecule has 2 aromatic rings. The van der Waals surface area contributed by atoms with Crippen molar-refractivity contribution in [2.75, 3.05) is 20.7 Å². The van der Waals surface area contributed by atoms with Gasteiger partial charge in [0.05, 0.1) is 7.11 Å². The molecule has 1 saturated heterocycles. The van der Waals surface area contributed by atoms with Crippen molar-refractivity contribution < 1.29 is 23.7 Å². The van der Waals surface area contributed by atoms with E-state index in [1.165, 1.54) is 11.9 Å². The third kappa shape index (κ3) is 2.45. The molecule has 10 heteroatoms. The molecule has 0 radical (unpaired) electrons. The van der Waals surface area contributed by atoms with Crippen molar-refractivity contribution in [3.05, 3.63) is 36.2 Å². The van der Waals surface area contributed by atoms with Crippen LogP contribution in [0.15, 0.2) is 35.5 Å². The molecule has 0 aliphatic carbocycles. The van der Waals surface area contributed by atoms with Crippen LogP contribution in [0.5, 0.6) is 5.75 Å². The SMILES string of the molecule is COc1ccc(-n2c(C)c[n+]3c2N=C2C3C(=O)N(CC(N)=O)C(=O)N2C)cc1. The van der Waals surface area contributed by atoms with Crippen LogP contribution in [0.2, 0.25) is 0 Å². The van der Waals surface area contributed by atoms with Gasteiger partial charge in [-0.15, -0.1) is 0 Å². The van der Waals surface area contributed by atoms with Gasteiger partial charge < -0.3 is 10.5 Å². The molecule has 2 N–H and O–H groups in total. The first-order chi connectivity index (χ1) is 13.3. The summed E-state index contributed by atoms with van der Waals surface area (Å²) in [6, 6.07) is 5.97. The summed E-state index contributed by atoms with van der Waals surface area (Å²) in [6.45, 7) is 1.42. The molecule has 2 aliphatic heterocycles. The van der Waals surface area contributed by atoms with Crippen molar-refractivity contribution in [1.82, 2.24) is 14.4 Å². The summed E-state index contributed by atoms with van der Waals surface area (Å²) in [7, 11) is 3.11. The van der Waals surface area contributed by atoms with Crippen molar-refractivity contribution in [3.63, 3.8) is 0 Å². The Morgan fingerprint density at radius 1 is 1.29 bits per heavy atom. The zero-order valence-corrected chi connectivity index (χ0v) is 15.6. The number of nitrogens with zero attached hydrogens (tertiary/aromatic N) is 5. The molecule has 1 unspecified atom stereocenters. The van der Waals surface area contributed by atoms with Gasteiger partial charge in [-0.1, -0.05) is 4.99 Å². The number of imidazole rings is 1. The number of aromatic nitrogens is 2. The van der Waals surface area contributed by atoms with E-state index in [-0.39, 0.29) is 0 Å². The predicted octanol–water partition coefficient (Wildman–Crippen LogP) is 0.0458. The Labute approximate surface area is 160 Å². The number of imide groups is 1. The minimum absolute atomic E-state index is 0.313. The molecular weight excluding hydrogens is 364 g/mol. The maximum absolute atomic E-state index is 12.9. The molecule has 4 amide bonds. The van der Waals surface area contributed by atoms with Gasteiger partial charge in [-0.25, -0.2) is 9.36 Å². The number of aliphatic imine (C=N–C) groups is 1. The lowest BCUT2D eigenvalue weighted by molar-refractivity contribution is -0.676. The summed E-state index contributed by atoms with van der Waals surface area (Å²) in [5, 5.41) is 0. The third-order valence-corrected chi connectivity index (χ3v) is 4.85. The number of rotatable bonds is 4. The van der Waals surface area contributed by atoms with E-state index in [1.54, 1.807) is 17.9 Å². The van der Waals surface area contributed by atoms with Gasteiger partial charge in [0, 0.05) is 7.05 Å². The maximum Gasteiger partial charge on any atom is 0.406 e. The standard InChI is InChI=1S/C18H18N6O4/c1-10-8-22-14-15(21(2)18(27)23(16(14)26)9-13(19)25)20-17(22)24(10)11-4-6-12(28-3)7-5-11/h4-8,14H,9H2,1-3H3,(H-,19,25)/p+1. The number of hydrogen-bond donors (Lipinski definition) is 1. The number of urea groups is 1. The van der Waals surface area contributed by atoms with Gasteiger partial charge in [-0.2, -0.15) is 4.57 Å². The lowest BCUT2D eigenvalue weighted by Crippen LogP contribution is -2.63. The van der Waals surface area contributed by atoms with Gasteiger partial charge in [0.1, 0.15) is 29.9 Å². The fraction of sp³-hybridized carbons (Fsp3) is 0.278. The molecule has 144 valence electrons. The van der Waals surface area contributed by atoms with Crippen LogP contribution in [-0.2, 0) is 9.59 Å². The van der Waals surface area contributed by atoms with Gasteiger partial charge in [-0.3, -0.25) is 19.4 Å². The van der Waals surface area contributed by atoms with Crippen LogP contribution in [0.3, 0.4) is 0 Å². The number of amidine groups is 1. The number of methoxy groups -OCH3 is 1. The summed E-state index contributed by atoms with van der Waals surface area (Å²) in [4.78, 5) is 43.4. The maximum atomic E-state index is 12.9. The minimum atomic E-state index is -0.824. The van der Waals surface area contributed by atoms with Crippen molar-refractivity contribution >= 4 is 29.6 Å². The Morgan fingerprint density at radius 2 is 1.96 bits per heavy atom. The number of hydrogen-bond acceptors (Lipinski definition) is 5. The molecule has 4 rings (SSSR count). The second-order valence-corrected chi connectivity index (χ2v) is 6.62. The molecule has 1 aromatic carbocycles. The number of primary amides is 1. The molecule has 2 aliphatic rings. The number of ether oxygens (including phenoxy) is 1. The molecule has 0 bridgehead atoms. The lowest BCUT2D eigenvalue weighted by Gasteiger charge is -2.32. The molecular formula is C18H19N6O4+. The van der Waals surface area contributed by atoms with E-state index in [0.717, 1.165) is 22.0 Å². The van der Waals surface area contributed by atoms with Gasteiger partial charge >= 0.3 is 12.0 Å². The zero-order chi connectivity index (χ0) is 20.2. The molecule has 0 spiro atoms. The molecule has 0 saturated carbocycles. The van der Waals surface area contributed by atoms with Crippen LogP contribution in [-0.4, -0.2) is 58.8 Å². The fourth-order valence-electron chi connectivity index (χ4n) is 3.54. The minimum Gasteiger partial charge on any atom is -0.497 e. The van der Waals surface area contributed by atoms with Gasteiger partial charge in [-0.05, 0) is 31.2 Å². The monoisotopic (exact) mass is 383 g/mol.